The average Bonchev–Trinajstić information content (AvgIpc) is 3.15. The number of hydrogen-bond donors (Lipinski definition) is 1. The fraction of sp³-hybridized carbons (Fsp3) is 0.409. The fourth-order valence-electron chi connectivity index (χ4n) is 3.93. The van der Waals surface area contributed by atoms with Crippen molar-refractivity contribution >= 4 is 23.2 Å². The van der Waals surface area contributed by atoms with Crippen LogP contribution in [0.1, 0.15) is 43.0 Å². The van der Waals surface area contributed by atoms with Crippen LogP contribution in [0.5, 0.6) is 0 Å². The minimum absolute atomic E-state index is 0.0773. The van der Waals surface area contributed by atoms with Crippen molar-refractivity contribution in [3.63, 3.8) is 0 Å². The number of hydrogen-bond acceptors (Lipinski definition) is 4. The molecule has 1 aliphatic heterocycles. The molecule has 0 saturated carbocycles. The molecule has 1 aliphatic rings. The first-order chi connectivity index (χ1) is 14.1. The summed E-state index contributed by atoms with van der Waals surface area (Å²) in [5, 5.41) is 12.1. The molecule has 1 atom stereocenters. The smallest absolute Gasteiger partial charge is 0.251 e. The Hall–Kier alpha value is -2.44. The number of halogens is 1. The van der Waals surface area contributed by atoms with Gasteiger partial charge in [-0.25, -0.2) is 0 Å². The summed E-state index contributed by atoms with van der Waals surface area (Å²) in [5.74, 6) is 0.622. The Morgan fingerprint density at radius 2 is 2.14 bits per heavy atom. The summed E-state index contributed by atoms with van der Waals surface area (Å²) in [6.07, 6.45) is 6.69. The molecule has 1 saturated heterocycles. The molecule has 1 N–H and O–H groups in total. The molecule has 0 radical (unpaired) electrons. The molecule has 152 valence electrons. The van der Waals surface area contributed by atoms with E-state index in [1.54, 1.807) is 12.1 Å². The van der Waals surface area contributed by atoms with E-state index in [0.717, 1.165) is 18.5 Å². The summed E-state index contributed by atoms with van der Waals surface area (Å²) in [6.45, 7) is 5.18. The lowest BCUT2D eigenvalue weighted by molar-refractivity contribution is 0.0949. The van der Waals surface area contributed by atoms with Crippen LogP contribution in [0.2, 0.25) is 5.02 Å². The second-order valence-corrected chi connectivity index (χ2v) is 8.10. The first-order valence-corrected chi connectivity index (χ1v) is 10.6. The lowest BCUT2D eigenvalue weighted by Gasteiger charge is -2.33. The highest BCUT2D eigenvalue weighted by Gasteiger charge is 2.17. The van der Waals surface area contributed by atoms with Crippen molar-refractivity contribution in [3.05, 3.63) is 53.2 Å². The van der Waals surface area contributed by atoms with Gasteiger partial charge in [-0.3, -0.25) is 9.20 Å². The molecule has 6 nitrogen and oxygen atoms in total. The standard InChI is InChI=1S/C22H26ClN5O/c1-16-6-2-3-11-27(16)12-5-10-24-22(29)18-9-13-28-20(15-18)25-26-21(28)17-7-4-8-19(23)14-17/h4,7-9,13-16H,2-3,5-6,10-12H2,1H3,(H,24,29). The molecule has 1 fully saturated rings. The van der Waals surface area contributed by atoms with Crippen LogP contribution < -0.4 is 5.32 Å². The SMILES string of the molecule is CC1CCCCN1CCCNC(=O)c1ccn2c(-c3cccc(Cl)c3)nnc2c1. The van der Waals surface area contributed by atoms with Crippen LogP contribution in [0.4, 0.5) is 0 Å². The monoisotopic (exact) mass is 411 g/mol. The number of amides is 1. The second-order valence-electron chi connectivity index (χ2n) is 7.67. The van der Waals surface area contributed by atoms with E-state index >= 15 is 0 Å². The molecule has 29 heavy (non-hydrogen) atoms. The summed E-state index contributed by atoms with van der Waals surface area (Å²) in [6, 6.07) is 11.7. The Bertz CT molecular complexity index is 1000. The number of rotatable bonds is 6. The number of piperidine rings is 1. The highest BCUT2D eigenvalue weighted by molar-refractivity contribution is 6.30. The summed E-state index contributed by atoms with van der Waals surface area (Å²) >= 11 is 6.08. The van der Waals surface area contributed by atoms with E-state index in [9.17, 15) is 4.79 Å². The highest BCUT2D eigenvalue weighted by atomic mass is 35.5. The zero-order chi connectivity index (χ0) is 20.2. The van der Waals surface area contributed by atoms with Gasteiger partial charge in [0.2, 0.25) is 0 Å². The van der Waals surface area contributed by atoms with Gasteiger partial charge in [-0.05, 0) is 57.0 Å². The zero-order valence-electron chi connectivity index (χ0n) is 16.6. The highest BCUT2D eigenvalue weighted by Crippen LogP contribution is 2.22. The lowest BCUT2D eigenvalue weighted by atomic mass is 10.0. The number of nitrogens with one attached hydrogen (secondary N) is 1. The van der Waals surface area contributed by atoms with Gasteiger partial charge in [-0.1, -0.05) is 30.2 Å². The minimum Gasteiger partial charge on any atom is -0.352 e. The van der Waals surface area contributed by atoms with Crippen molar-refractivity contribution < 1.29 is 4.79 Å². The van der Waals surface area contributed by atoms with Gasteiger partial charge in [-0.15, -0.1) is 10.2 Å². The third-order valence-electron chi connectivity index (χ3n) is 5.60. The number of carbonyl (C=O) groups excluding carboxylic acids is 1. The van der Waals surface area contributed by atoms with Crippen molar-refractivity contribution in [1.29, 1.82) is 0 Å². The molecule has 3 aromatic rings. The summed E-state index contributed by atoms with van der Waals surface area (Å²) < 4.78 is 1.86. The molecule has 2 aromatic heterocycles. The molecule has 1 amide bonds. The maximum atomic E-state index is 12.5. The van der Waals surface area contributed by atoms with Crippen molar-refractivity contribution in [3.8, 4) is 11.4 Å². The lowest BCUT2D eigenvalue weighted by Crippen LogP contribution is -2.39. The molecule has 1 aromatic carbocycles. The van der Waals surface area contributed by atoms with E-state index in [2.05, 4.69) is 27.3 Å². The second kappa shape index (κ2) is 8.93. The average molecular weight is 412 g/mol. The van der Waals surface area contributed by atoms with Gasteiger partial charge in [0.25, 0.3) is 5.91 Å². The fourth-order valence-corrected chi connectivity index (χ4v) is 4.12. The summed E-state index contributed by atoms with van der Waals surface area (Å²) in [7, 11) is 0. The maximum absolute atomic E-state index is 12.5. The number of nitrogens with zero attached hydrogens (tertiary/aromatic N) is 4. The molecule has 0 spiro atoms. The Labute approximate surface area is 175 Å². The zero-order valence-corrected chi connectivity index (χ0v) is 17.4. The quantitative estimate of drug-likeness (QED) is 0.622. The van der Waals surface area contributed by atoms with Gasteiger partial charge >= 0.3 is 0 Å². The molecule has 3 heterocycles. The van der Waals surface area contributed by atoms with E-state index in [1.807, 2.05) is 34.9 Å². The van der Waals surface area contributed by atoms with Gasteiger partial charge in [0, 0.05) is 41.5 Å². The first kappa shape index (κ1) is 19.9. The molecule has 1 unspecified atom stereocenters. The number of likely N-dealkylation sites (tertiary alicyclic amines) is 1. The molecule has 4 rings (SSSR count). The third kappa shape index (κ3) is 4.60. The van der Waals surface area contributed by atoms with E-state index in [4.69, 9.17) is 11.6 Å². The molecular formula is C22H26ClN5O. The van der Waals surface area contributed by atoms with Gasteiger partial charge in [-0.2, -0.15) is 0 Å². The summed E-state index contributed by atoms with van der Waals surface area (Å²) in [5.41, 5.74) is 2.11. The predicted molar refractivity (Wildman–Crippen MR) is 115 cm³/mol. The summed E-state index contributed by atoms with van der Waals surface area (Å²) in [4.78, 5) is 15.0. The topological polar surface area (TPSA) is 62.5 Å². The van der Waals surface area contributed by atoms with Crippen LogP contribution >= 0.6 is 11.6 Å². The minimum atomic E-state index is -0.0773. The predicted octanol–water partition coefficient (Wildman–Crippen LogP) is 4.04. The van der Waals surface area contributed by atoms with Crippen LogP contribution in [0.25, 0.3) is 17.0 Å². The number of carbonyl (C=O) groups is 1. The van der Waals surface area contributed by atoms with Crippen molar-refractivity contribution in [1.82, 2.24) is 24.8 Å². The van der Waals surface area contributed by atoms with Crippen molar-refractivity contribution in [2.75, 3.05) is 19.6 Å². The van der Waals surface area contributed by atoms with Crippen LogP contribution in [-0.2, 0) is 0 Å². The third-order valence-corrected chi connectivity index (χ3v) is 5.84. The first-order valence-electron chi connectivity index (χ1n) is 10.2. The van der Waals surface area contributed by atoms with Crippen LogP contribution in [-0.4, -0.2) is 51.1 Å². The number of aromatic nitrogens is 3. The van der Waals surface area contributed by atoms with Crippen LogP contribution in [0, 0.1) is 0 Å². The Morgan fingerprint density at radius 3 is 2.97 bits per heavy atom. The van der Waals surface area contributed by atoms with E-state index in [0.29, 0.717) is 34.6 Å². The molecule has 0 bridgehead atoms. The number of pyridine rings is 1. The molecule has 7 heteroatoms. The normalized spacial score (nSPS) is 17.5. The Morgan fingerprint density at radius 1 is 1.24 bits per heavy atom. The molecular weight excluding hydrogens is 386 g/mol. The Kier molecular flexibility index (Phi) is 6.11. The van der Waals surface area contributed by atoms with Crippen LogP contribution in [0.15, 0.2) is 42.6 Å². The molecule has 0 aliphatic carbocycles. The van der Waals surface area contributed by atoms with Crippen LogP contribution in [0.3, 0.4) is 0 Å². The number of benzene rings is 1. The number of fused-ring (bicyclic) bond motifs is 1. The van der Waals surface area contributed by atoms with Crippen molar-refractivity contribution in [2.24, 2.45) is 0 Å². The van der Waals surface area contributed by atoms with E-state index < -0.39 is 0 Å². The maximum Gasteiger partial charge on any atom is 0.251 e. The largest absolute Gasteiger partial charge is 0.352 e. The van der Waals surface area contributed by atoms with E-state index in [1.165, 1.54) is 25.8 Å². The van der Waals surface area contributed by atoms with Gasteiger partial charge in [0.1, 0.15) is 0 Å². The Balaban J connectivity index is 1.37. The van der Waals surface area contributed by atoms with Gasteiger partial charge in [0.05, 0.1) is 0 Å². The van der Waals surface area contributed by atoms with Crippen molar-refractivity contribution in [2.45, 2.75) is 38.6 Å². The van der Waals surface area contributed by atoms with Gasteiger partial charge < -0.3 is 10.2 Å². The van der Waals surface area contributed by atoms with Gasteiger partial charge in [0.15, 0.2) is 11.5 Å². The van der Waals surface area contributed by atoms with E-state index in [-0.39, 0.29) is 5.91 Å².